The van der Waals surface area contributed by atoms with E-state index in [9.17, 15) is 8.42 Å². The van der Waals surface area contributed by atoms with Gasteiger partial charge in [0.05, 0.1) is 18.0 Å². The molecule has 0 radical (unpaired) electrons. The Morgan fingerprint density at radius 3 is 2.60 bits per heavy atom. The second-order valence-electron chi connectivity index (χ2n) is 7.03. The van der Waals surface area contributed by atoms with E-state index in [0.717, 1.165) is 36.1 Å². The summed E-state index contributed by atoms with van der Waals surface area (Å²) in [6.45, 7) is 1.92. The molecule has 0 bridgehead atoms. The van der Waals surface area contributed by atoms with Gasteiger partial charge in [0.1, 0.15) is 0 Å². The lowest BCUT2D eigenvalue weighted by Crippen LogP contribution is -2.35. The molecular formula is C21H29IN4O3S. The van der Waals surface area contributed by atoms with Crippen molar-refractivity contribution < 1.29 is 13.2 Å². The zero-order valence-corrected chi connectivity index (χ0v) is 20.2. The second-order valence-corrected chi connectivity index (χ2v) is 8.97. The van der Waals surface area contributed by atoms with Crippen molar-refractivity contribution in [2.45, 2.75) is 37.3 Å². The van der Waals surface area contributed by atoms with Gasteiger partial charge in [0.15, 0.2) is 5.96 Å². The highest BCUT2D eigenvalue weighted by molar-refractivity contribution is 14.0. The molecule has 7 nitrogen and oxygen atoms in total. The summed E-state index contributed by atoms with van der Waals surface area (Å²) < 4.78 is 32.5. The van der Waals surface area contributed by atoms with Crippen LogP contribution in [0, 0.1) is 0 Å². The van der Waals surface area contributed by atoms with Crippen molar-refractivity contribution in [3.05, 3.63) is 59.7 Å². The Labute approximate surface area is 195 Å². The fourth-order valence-corrected chi connectivity index (χ4v) is 4.92. The molecule has 3 rings (SSSR count). The molecule has 9 heteroatoms. The molecule has 1 aliphatic rings. The number of sulfonamides is 1. The van der Waals surface area contributed by atoms with Crippen LogP contribution >= 0.6 is 24.0 Å². The molecule has 2 aromatic carbocycles. The van der Waals surface area contributed by atoms with Gasteiger partial charge in [-0.3, -0.25) is 0 Å². The lowest BCUT2D eigenvalue weighted by atomic mass is 10.2. The van der Waals surface area contributed by atoms with E-state index in [2.05, 4.69) is 10.3 Å². The van der Waals surface area contributed by atoms with Crippen molar-refractivity contribution in [2.75, 3.05) is 25.5 Å². The number of aliphatic imine (C=N–C) groups is 1. The van der Waals surface area contributed by atoms with Crippen molar-refractivity contribution in [1.29, 1.82) is 0 Å². The van der Waals surface area contributed by atoms with E-state index in [1.807, 2.05) is 30.3 Å². The van der Waals surface area contributed by atoms with Crippen LogP contribution in [-0.2, 0) is 27.9 Å². The second kappa shape index (κ2) is 11.6. The monoisotopic (exact) mass is 544 g/mol. The van der Waals surface area contributed by atoms with Crippen LogP contribution in [0.1, 0.15) is 30.4 Å². The van der Waals surface area contributed by atoms with Crippen LogP contribution in [0.5, 0.6) is 0 Å². The summed E-state index contributed by atoms with van der Waals surface area (Å²) in [6.07, 6.45) is 2.91. The van der Waals surface area contributed by atoms with Crippen molar-refractivity contribution >= 4 is 45.6 Å². The number of ether oxygens (including phenoxy) is 1. The Hall–Kier alpha value is -1.69. The summed E-state index contributed by atoms with van der Waals surface area (Å²) in [4.78, 5) is 4.67. The average Bonchev–Trinajstić information content (AvgIpc) is 2.75. The topological polar surface area (TPSA) is 97.0 Å². The van der Waals surface area contributed by atoms with E-state index in [1.54, 1.807) is 29.6 Å². The number of anilines is 1. The summed E-state index contributed by atoms with van der Waals surface area (Å²) in [6, 6.07) is 14.6. The number of piperidine rings is 1. The van der Waals surface area contributed by atoms with Crippen molar-refractivity contribution in [1.82, 2.24) is 4.31 Å². The number of nitrogens with two attached hydrogens (primary N) is 1. The fraction of sp³-hybridized carbons (Fsp3) is 0.381. The first-order chi connectivity index (χ1) is 14.0. The molecule has 0 amide bonds. The van der Waals surface area contributed by atoms with Gasteiger partial charge in [-0.15, -0.1) is 24.0 Å². The number of rotatable bonds is 7. The molecule has 30 heavy (non-hydrogen) atoms. The van der Waals surface area contributed by atoms with Crippen LogP contribution in [-0.4, -0.2) is 38.9 Å². The van der Waals surface area contributed by atoms with E-state index in [1.165, 1.54) is 0 Å². The Kier molecular flexibility index (Phi) is 9.53. The maximum absolute atomic E-state index is 12.9. The van der Waals surface area contributed by atoms with E-state index < -0.39 is 10.0 Å². The molecule has 0 spiro atoms. The molecule has 164 valence electrons. The number of methoxy groups -OCH3 is 1. The van der Waals surface area contributed by atoms with Gasteiger partial charge < -0.3 is 15.8 Å². The van der Waals surface area contributed by atoms with Gasteiger partial charge in [-0.1, -0.05) is 36.8 Å². The number of nitrogens with zero attached hydrogens (tertiary/aromatic N) is 2. The quantitative estimate of drug-likeness (QED) is 0.316. The first-order valence-electron chi connectivity index (χ1n) is 9.73. The van der Waals surface area contributed by atoms with Gasteiger partial charge in [-0.2, -0.15) is 4.31 Å². The largest absolute Gasteiger partial charge is 0.380 e. The molecule has 1 saturated heterocycles. The van der Waals surface area contributed by atoms with Crippen LogP contribution in [0.3, 0.4) is 0 Å². The van der Waals surface area contributed by atoms with Crippen LogP contribution in [0.4, 0.5) is 5.69 Å². The Morgan fingerprint density at radius 2 is 1.87 bits per heavy atom. The molecule has 0 atom stereocenters. The minimum Gasteiger partial charge on any atom is -0.380 e. The molecule has 0 saturated carbocycles. The number of para-hydroxylation sites is 1. The van der Waals surface area contributed by atoms with E-state index in [4.69, 9.17) is 10.5 Å². The number of hydrogen-bond donors (Lipinski definition) is 2. The maximum atomic E-state index is 12.9. The van der Waals surface area contributed by atoms with Crippen molar-refractivity contribution in [3.8, 4) is 0 Å². The van der Waals surface area contributed by atoms with Crippen molar-refractivity contribution in [2.24, 2.45) is 10.7 Å². The van der Waals surface area contributed by atoms with Crippen molar-refractivity contribution in [3.63, 3.8) is 0 Å². The minimum absolute atomic E-state index is 0. The lowest BCUT2D eigenvalue weighted by Gasteiger charge is -2.26. The van der Waals surface area contributed by atoms with E-state index >= 15 is 0 Å². The molecule has 0 aromatic heterocycles. The third-order valence-corrected chi connectivity index (χ3v) is 6.76. The maximum Gasteiger partial charge on any atom is 0.243 e. The summed E-state index contributed by atoms with van der Waals surface area (Å²) >= 11 is 0. The van der Waals surface area contributed by atoms with Gasteiger partial charge in [-0.25, -0.2) is 13.4 Å². The van der Waals surface area contributed by atoms with Gasteiger partial charge in [0.2, 0.25) is 10.0 Å². The number of guanidine groups is 1. The smallest absolute Gasteiger partial charge is 0.243 e. The van der Waals surface area contributed by atoms with Crippen LogP contribution in [0.2, 0.25) is 0 Å². The van der Waals surface area contributed by atoms with Gasteiger partial charge in [0, 0.05) is 31.5 Å². The Bertz CT molecular complexity index is 960. The molecule has 2 aromatic rings. The normalized spacial score (nSPS) is 15.4. The zero-order valence-electron chi connectivity index (χ0n) is 17.1. The Morgan fingerprint density at radius 1 is 1.13 bits per heavy atom. The number of benzene rings is 2. The summed E-state index contributed by atoms with van der Waals surface area (Å²) in [5, 5.41) is 3.08. The van der Waals surface area contributed by atoms with Crippen LogP contribution in [0.15, 0.2) is 58.4 Å². The minimum atomic E-state index is -3.46. The van der Waals surface area contributed by atoms with Gasteiger partial charge in [0.25, 0.3) is 0 Å². The predicted octanol–water partition coefficient (Wildman–Crippen LogP) is 3.55. The summed E-state index contributed by atoms with van der Waals surface area (Å²) in [5.74, 6) is 0.262. The number of nitrogens with one attached hydrogen (secondary N) is 1. The highest BCUT2D eigenvalue weighted by atomic mass is 127. The van der Waals surface area contributed by atoms with Gasteiger partial charge >= 0.3 is 0 Å². The van der Waals surface area contributed by atoms with E-state index in [0.29, 0.717) is 24.6 Å². The third kappa shape index (κ3) is 6.40. The first kappa shape index (κ1) is 24.6. The SMILES string of the molecule is COCc1ccccc1NC(N)=NCc1cccc(S(=O)(=O)N2CCCCC2)c1.I. The van der Waals surface area contributed by atoms with Gasteiger partial charge in [-0.05, 0) is 36.6 Å². The molecule has 0 unspecified atom stereocenters. The fourth-order valence-electron chi connectivity index (χ4n) is 3.34. The standard InChI is InChI=1S/C21H28N4O3S.HI/c1-28-16-18-9-3-4-11-20(18)24-21(22)23-15-17-8-7-10-19(14-17)29(26,27)25-12-5-2-6-13-25;/h3-4,7-11,14H,2,5-6,12-13,15-16H2,1H3,(H3,22,23,24);1H. The third-order valence-electron chi connectivity index (χ3n) is 4.86. The first-order valence-corrected chi connectivity index (χ1v) is 11.2. The highest BCUT2D eigenvalue weighted by Gasteiger charge is 2.25. The lowest BCUT2D eigenvalue weighted by molar-refractivity contribution is 0.185. The number of hydrogen-bond acceptors (Lipinski definition) is 4. The molecule has 1 heterocycles. The molecule has 1 aliphatic heterocycles. The van der Waals surface area contributed by atoms with Crippen LogP contribution < -0.4 is 11.1 Å². The average molecular weight is 544 g/mol. The molecular weight excluding hydrogens is 515 g/mol. The zero-order chi connectivity index (χ0) is 20.7. The summed E-state index contributed by atoms with van der Waals surface area (Å²) in [5.41, 5.74) is 8.63. The molecule has 1 fully saturated rings. The van der Waals surface area contributed by atoms with Crippen LogP contribution in [0.25, 0.3) is 0 Å². The summed E-state index contributed by atoms with van der Waals surface area (Å²) in [7, 11) is -1.82. The molecule has 0 aliphatic carbocycles. The van der Waals surface area contributed by atoms with E-state index in [-0.39, 0.29) is 36.5 Å². The Balaban J connectivity index is 0.00000320. The number of halogens is 1. The molecule has 3 N–H and O–H groups in total. The predicted molar refractivity (Wildman–Crippen MR) is 131 cm³/mol. The highest BCUT2D eigenvalue weighted by Crippen LogP contribution is 2.21.